The molecule has 0 unspecified atom stereocenters. The highest BCUT2D eigenvalue weighted by Gasteiger charge is 2.12. The Balaban J connectivity index is 2.47. The quantitative estimate of drug-likeness (QED) is 0.164. The van der Waals surface area contributed by atoms with Gasteiger partial charge in [-0.1, -0.05) is 5.43 Å². The van der Waals surface area contributed by atoms with Crippen molar-refractivity contribution in [3.8, 4) is 5.75 Å². The van der Waals surface area contributed by atoms with Gasteiger partial charge in [0, 0.05) is 0 Å². The van der Waals surface area contributed by atoms with Gasteiger partial charge in [-0.2, -0.15) is 5.10 Å². The number of methoxy groups -OCH3 is 1. The highest BCUT2D eigenvalue weighted by molar-refractivity contribution is 6.35. The number of guanidine groups is 1. The van der Waals surface area contributed by atoms with E-state index in [1.54, 1.807) is 29.7 Å². The Morgan fingerprint density at radius 3 is 2.43 bits per heavy atom. The van der Waals surface area contributed by atoms with Crippen molar-refractivity contribution in [2.75, 3.05) is 7.11 Å². The minimum absolute atomic E-state index is 0.656. The highest BCUT2D eigenvalue weighted by atomic mass is 16.7. The number of rotatable bonds is 5. The van der Waals surface area contributed by atoms with Crippen LogP contribution in [0.25, 0.3) is 0 Å². The third kappa shape index (κ3) is 6.52. The first kappa shape index (κ1) is 17.4. The molecule has 0 spiro atoms. The van der Waals surface area contributed by atoms with Gasteiger partial charge >= 0.3 is 11.8 Å². The Labute approximate surface area is 129 Å². The van der Waals surface area contributed by atoms with E-state index in [9.17, 15) is 19.7 Å². The molecular formula is C11H13N7O5. The van der Waals surface area contributed by atoms with Gasteiger partial charge < -0.3 is 10.5 Å². The Morgan fingerprint density at radius 2 is 1.87 bits per heavy atom. The van der Waals surface area contributed by atoms with Crippen LogP contribution in [0.5, 0.6) is 5.75 Å². The second-order valence-electron chi connectivity index (χ2n) is 3.78. The fourth-order valence-electron chi connectivity index (χ4n) is 1.19. The predicted octanol–water partition coefficient (Wildman–Crippen LogP) is -1.73. The number of hydrazone groups is 2. The summed E-state index contributed by atoms with van der Waals surface area (Å²) in [5, 5.41) is 15.7. The van der Waals surface area contributed by atoms with Crippen LogP contribution in [0.2, 0.25) is 0 Å². The average Bonchev–Trinajstić information content (AvgIpc) is 2.52. The van der Waals surface area contributed by atoms with E-state index in [0.717, 1.165) is 0 Å². The number of hydrogen-bond acceptors (Lipinski definition) is 7. The molecule has 0 bridgehead atoms. The van der Waals surface area contributed by atoms with Crippen LogP contribution in [-0.4, -0.2) is 36.1 Å². The van der Waals surface area contributed by atoms with Crippen molar-refractivity contribution in [2.45, 2.75) is 0 Å². The van der Waals surface area contributed by atoms with Crippen molar-refractivity contribution in [1.29, 1.82) is 0 Å². The summed E-state index contributed by atoms with van der Waals surface area (Å²) in [5.74, 6) is -2.38. The van der Waals surface area contributed by atoms with Crippen LogP contribution in [0.1, 0.15) is 5.56 Å². The fourth-order valence-corrected chi connectivity index (χ4v) is 1.19. The van der Waals surface area contributed by atoms with E-state index < -0.39 is 22.8 Å². The summed E-state index contributed by atoms with van der Waals surface area (Å²) >= 11 is 0. The molecule has 12 nitrogen and oxygen atoms in total. The van der Waals surface area contributed by atoms with Gasteiger partial charge in [0.1, 0.15) is 5.75 Å². The summed E-state index contributed by atoms with van der Waals surface area (Å²) < 4.78 is 4.98. The van der Waals surface area contributed by atoms with E-state index in [1.807, 2.05) is 5.43 Å². The van der Waals surface area contributed by atoms with Gasteiger partial charge in [0.25, 0.3) is 5.96 Å². The summed E-state index contributed by atoms with van der Waals surface area (Å²) in [6, 6.07) is 6.75. The van der Waals surface area contributed by atoms with Crippen molar-refractivity contribution in [2.24, 2.45) is 15.9 Å². The summed E-state index contributed by atoms with van der Waals surface area (Å²) in [7, 11) is 1.53. The molecule has 23 heavy (non-hydrogen) atoms. The number of hydrazine groups is 1. The molecule has 122 valence electrons. The van der Waals surface area contributed by atoms with Crippen LogP contribution in [0.4, 0.5) is 0 Å². The molecule has 0 aromatic heterocycles. The third-order valence-corrected chi connectivity index (χ3v) is 2.19. The van der Waals surface area contributed by atoms with Gasteiger partial charge in [-0.25, -0.2) is 21.0 Å². The molecule has 12 heteroatoms. The fraction of sp³-hybridized carbons (Fsp3) is 0.0909. The SMILES string of the molecule is COc1ccc(/C=N\NC(=O)C(=O)N/N=C(\N)N[N+](=O)[O-])cc1. The molecule has 1 aromatic rings. The second-order valence-corrected chi connectivity index (χ2v) is 3.78. The molecule has 0 atom stereocenters. The largest absolute Gasteiger partial charge is 0.497 e. The van der Waals surface area contributed by atoms with E-state index in [-0.39, 0.29) is 0 Å². The van der Waals surface area contributed by atoms with Gasteiger partial charge in [-0.15, -0.1) is 5.10 Å². The molecule has 0 saturated heterocycles. The lowest BCUT2D eigenvalue weighted by molar-refractivity contribution is -0.525. The summed E-state index contributed by atoms with van der Waals surface area (Å²) in [6.45, 7) is 0. The molecule has 0 aliphatic carbocycles. The van der Waals surface area contributed by atoms with Crippen molar-refractivity contribution in [3.05, 3.63) is 39.9 Å². The normalized spacial score (nSPS) is 10.9. The number of nitro groups is 1. The van der Waals surface area contributed by atoms with Gasteiger partial charge in [-0.3, -0.25) is 9.59 Å². The zero-order valence-electron chi connectivity index (χ0n) is 11.8. The smallest absolute Gasteiger partial charge is 0.331 e. The summed E-state index contributed by atoms with van der Waals surface area (Å²) in [6.07, 6.45) is 1.30. The zero-order chi connectivity index (χ0) is 17.2. The molecule has 0 aliphatic rings. The molecule has 1 rings (SSSR count). The topological polar surface area (TPSA) is 173 Å². The molecule has 1 aromatic carbocycles. The maximum Gasteiger partial charge on any atom is 0.331 e. The Hall–Kier alpha value is -3.70. The maximum absolute atomic E-state index is 11.3. The monoisotopic (exact) mass is 323 g/mol. The Bertz CT molecular complexity index is 641. The zero-order valence-corrected chi connectivity index (χ0v) is 11.8. The molecule has 5 N–H and O–H groups in total. The van der Waals surface area contributed by atoms with Crippen LogP contribution in [0.15, 0.2) is 34.5 Å². The van der Waals surface area contributed by atoms with Gasteiger partial charge in [0.15, 0.2) is 5.03 Å². The first-order valence-electron chi connectivity index (χ1n) is 5.94. The third-order valence-electron chi connectivity index (χ3n) is 2.19. The van der Waals surface area contributed by atoms with Crippen molar-refractivity contribution in [1.82, 2.24) is 16.3 Å². The minimum atomic E-state index is -1.20. The van der Waals surface area contributed by atoms with Crippen LogP contribution in [0, 0.1) is 10.1 Å². The van der Waals surface area contributed by atoms with Crippen molar-refractivity contribution < 1.29 is 19.4 Å². The van der Waals surface area contributed by atoms with Gasteiger partial charge in [0.2, 0.25) is 0 Å². The lowest BCUT2D eigenvalue weighted by Gasteiger charge is -2.00. The van der Waals surface area contributed by atoms with E-state index in [4.69, 9.17) is 10.5 Å². The Kier molecular flexibility index (Phi) is 6.46. The van der Waals surface area contributed by atoms with Crippen molar-refractivity contribution >= 4 is 24.0 Å². The number of nitrogens with two attached hydrogens (primary N) is 1. The molecule has 0 saturated carbocycles. The van der Waals surface area contributed by atoms with Gasteiger partial charge in [-0.05, 0) is 29.8 Å². The highest BCUT2D eigenvalue weighted by Crippen LogP contribution is 2.09. The first-order chi connectivity index (χ1) is 10.9. The van der Waals surface area contributed by atoms with Crippen molar-refractivity contribution in [3.63, 3.8) is 0 Å². The van der Waals surface area contributed by atoms with Crippen LogP contribution in [0.3, 0.4) is 0 Å². The van der Waals surface area contributed by atoms with E-state index in [0.29, 0.717) is 11.3 Å². The molecule has 0 radical (unpaired) electrons. The van der Waals surface area contributed by atoms with E-state index in [2.05, 4.69) is 10.2 Å². The number of amides is 2. The lowest BCUT2D eigenvalue weighted by Crippen LogP contribution is -2.41. The minimum Gasteiger partial charge on any atom is -0.497 e. The average molecular weight is 323 g/mol. The van der Waals surface area contributed by atoms with E-state index >= 15 is 0 Å². The van der Waals surface area contributed by atoms with Crippen LogP contribution >= 0.6 is 0 Å². The predicted molar refractivity (Wildman–Crippen MR) is 78.6 cm³/mol. The second kappa shape index (κ2) is 8.56. The molecule has 0 aliphatic heterocycles. The molecule has 2 amide bonds. The van der Waals surface area contributed by atoms with Gasteiger partial charge in [0.05, 0.1) is 13.3 Å². The summed E-state index contributed by atoms with van der Waals surface area (Å²) in [4.78, 5) is 32.7. The maximum atomic E-state index is 11.3. The number of carbonyl (C=O) groups is 2. The Morgan fingerprint density at radius 1 is 1.26 bits per heavy atom. The molecular weight excluding hydrogens is 310 g/mol. The van der Waals surface area contributed by atoms with E-state index in [1.165, 1.54) is 18.8 Å². The number of ether oxygens (including phenoxy) is 1. The van der Waals surface area contributed by atoms with Crippen LogP contribution in [-0.2, 0) is 9.59 Å². The lowest BCUT2D eigenvalue weighted by atomic mass is 10.2. The summed E-state index contributed by atoms with van der Waals surface area (Å²) in [5.41, 5.74) is 10.8. The number of nitrogens with zero attached hydrogens (tertiary/aromatic N) is 3. The number of nitrogens with one attached hydrogen (secondary N) is 3. The molecule has 0 heterocycles. The first-order valence-corrected chi connectivity index (χ1v) is 5.94. The molecule has 0 fully saturated rings. The van der Waals surface area contributed by atoms with Crippen LogP contribution < -0.4 is 26.7 Å². The standard InChI is InChI=1S/C11H13N7O5/c1-23-8-4-2-7(3-5-8)6-13-14-9(19)10(20)15-16-11(12)17-18(21)22/h2-6H,1H3,(H,14,19)(H,15,20)(H3,12,16,17)/b13-6-. The number of hydrogen-bond donors (Lipinski definition) is 4. The number of benzene rings is 1. The number of carbonyl (C=O) groups excluding carboxylic acids is 2.